The van der Waals surface area contributed by atoms with E-state index < -0.39 is 0 Å². The highest BCUT2D eigenvalue weighted by atomic mass is 16.1. The maximum absolute atomic E-state index is 11.9. The van der Waals surface area contributed by atoms with Crippen LogP contribution in [0.25, 0.3) is 0 Å². The highest BCUT2D eigenvalue weighted by molar-refractivity contribution is 6.00. The summed E-state index contributed by atoms with van der Waals surface area (Å²) < 4.78 is 0. The number of amides is 1. The maximum Gasteiger partial charge on any atom is 0.253 e. The van der Waals surface area contributed by atoms with Crippen LogP contribution in [0, 0.1) is 0 Å². The van der Waals surface area contributed by atoms with Crippen LogP contribution in [0.15, 0.2) is 18.2 Å². The Bertz CT molecular complexity index is 386. The third kappa shape index (κ3) is 3.12. The van der Waals surface area contributed by atoms with Gasteiger partial charge in [0.1, 0.15) is 0 Å². The summed E-state index contributed by atoms with van der Waals surface area (Å²) in [6.07, 6.45) is 0. The molecule has 3 N–H and O–H groups in total. The lowest BCUT2D eigenvalue weighted by Crippen LogP contribution is -2.28. The molecule has 94 valence electrons. The van der Waals surface area contributed by atoms with Crippen LogP contribution in [0.5, 0.6) is 0 Å². The molecule has 0 saturated heterocycles. The number of nitrogens with zero attached hydrogens (tertiary/aromatic N) is 1. The van der Waals surface area contributed by atoms with Gasteiger partial charge in [-0.15, -0.1) is 0 Å². The van der Waals surface area contributed by atoms with Crippen molar-refractivity contribution in [3.63, 3.8) is 0 Å². The van der Waals surface area contributed by atoms with E-state index in [1.165, 1.54) is 0 Å². The second kappa shape index (κ2) is 6.13. The van der Waals surface area contributed by atoms with Crippen molar-refractivity contribution in [2.24, 2.45) is 0 Å². The van der Waals surface area contributed by atoms with E-state index in [0.29, 0.717) is 17.8 Å². The van der Waals surface area contributed by atoms with Gasteiger partial charge in [0.15, 0.2) is 0 Å². The molecule has 1 rings (SSSR count). The third-order valence-electron chi connectivity index (χ3n) is 2.71. The largest absolute Gasteiger partial charge is 0.399 e. The van der Waals surface area contributed by atoms with Crippen molar-refractivity contribution in [3.05, 3.63) is 23.8 Å². The van der Waals surface area contributed by atoms with E-state index in [1.807, 2.05) is 13.0 Å². The van der Waals surface area contributed by atoms with Crippen molar-refractivity contribution in [2.75, 3.05) is 30.3 Å². The number of nitrogens with one attached hydrogen (secondary N) is 1. The van der Waals surface area contributed by atoms with Gasteiger partial charge < -0.3 is 16.0 Å². The Morgan fingerprint density at radius 1 is 1.29 bits per heavy atom. The van der Waals surface area contributed by atoms with Gasteiger partial charge in [-0.2, -0.15) is 0 Å². The molecule has 0 fully saturated rings. The van der Waals surface area contributed by atoms with Crippen LogP contribution >= 0.6 is 0 Å². The van der Waals surface area contributed by atoms with Crippen LogP contribution in [0.4, 0.5) is 11.4 Å². The number of hydrogen-bond acceptors (Lipinski definition) is 3. The van der Waals surface area contributed by atoms with Gasteiger partial charge in [0.2, 0.25) is 0 Å². The van der Waals surface area contributed by atoms with E-state index in [1.54, 1.807) is 12.1 Å². The molecular weight excluding hydrogens is 214 g/mol. The lowest BCUT2D eigenvalue weighted by Gasteiger charge is -2.24. The SMILES string of the molecule is CCNC(=O)c1ccc(N)cc1N(CC)CC. The molecule has 1 amide bonds. The van der Waals surface area contributed by atoms with Crippen molar-refractivity contribution in [1.82, 2.24) is 5.32 Å². The third-order valence-corrected chi connectivity index (χ3v) is 2.71. The van der Waals surface area contributed by atoms with Crippen molar-refractivity contribution >= 4 is 17.3 Å². The Labute approximate surface area is 103 Å². The van der Waals surface area contributed by atoms with Gasteiger partial charge >= 0.3 is 0 Å². The summed E-state index contributed by atoms with van der Waals surface area (Å²) >= 11 is 0. The summed E-state index contributed by atoms with van der Waals surface area (Å²) in [5, 5.41) is 2.82. The van der Waals surface area contributed by atoms with Gasteiger partial charge in [-0.3, -0.25) is 4.79 Å². The molecular formula is C13H21N3O. The maximum atomic E-state index is 11.9. The molecule has 0 bridgehead atoms. The van der Waals surface area contributed by atoms with Gasteiger partial charge in [0, 0.05) is 25.3 Å². The molecule has 0 aliphatic rings. The number of nitrogens with two attached hydrogens (primary N) is 1. The summed E-state index contributed by atoms with van der Waals surface area (Å²) in [4.78, 5) is 14.1. The van der Waals surface area contributed by atoms with E-state index in [2.05, 4.69) is 24.1 Å². The molecule has 0 aliphatic heterocycles. The molecule has 0 aliphatic carbocycles. The average molecular weight is 235 g/mol. The first-order valence-corrected chi connectivity index (χ1v) is 6.06. The van der Waals surface area contributed by atoms with Crippen LogP contribution in [-0.4, -0.2) is 25.5 Å². The lowest BCUT2D eigenvalue weighted by atomic mass is 10.1. The van der Waals surface area contributed by atoms with E-state index in [0.717, 1.165) is 18.8 Å². The minimum absolute atomic E-state index is 0.0469. The number of anilines is 2. The summed E-state index contributed by atoms with van der Waals surface area (Å²) in [5.74, 6) is -0.0469. The van der Waals surface area contributed by atoms with Crippen LogP contribution in [0.1, 0.15) is 31.1 Å². The Kier molecular flexibility index (Phi) is 4.82. The topological polar surface area (TPSA) is 58.4 Å². The van der Waals surface area contributed by atoms with Crippen molar-refractivity contribution < 1.29 is 4.79 Å². The quantitative estimate of drug-likeness (QED) is 0.766. The molecule has 0 unspecified atom stereocenters. The molecule has 1 aromatic rings. The summed E-state index contributed by atoms with van der Waals surface area (Å²) in [6.45, 7) is 8.37. The van der Waals surface area contributed by atoms with Crippen molar-refractivity contribution in [3.8, 4) is 0 Å². The lowest BCUT2D eigenvalue weighted by molar-refractivity contribution is 0.0956. The summed E-state index contributed by atoms with van der Waals surface area (Å²) in [6, 6.07) is 5.41. The first kappa shape index (κ1) is 13.4. The first-order chi connectivity index (χ1) is 8.13. The molecule has 4 nitrogen and oxygen atoms in total. The molecule has 0 spiro atoms. The number of nitrogen functional groups attached to an aromatic ring is 1. The number of carbonyl (C=O) groups is 1. The van der Waals surface area contributed by atoms with Gasteiger partial charge in [0.05, 0.1) is 11.3 Å². The Morgan fingerprint density at radius 3 is 2.47 bits per heavy atom. The van der Waals surface area contributed by atoms with Crippen LogP contribution < -0.4 is 16.0 Å². The predicted molar refractivity (Wildman–Crippen MR) is 72.4 cm³/mol. The van der Waals surface area contributed by atoms with E-state index in [-0.39, 0.29) is 5.91 Å². The van der Waals surface area contributed by atoms with Gasteiger partial charge in [-0.25, -0.2) is 0 Å². The zero-order valence-corrected chi connectivity index (χ0v) is 10.8. The first-order valence-electron chi connectivity index (χ1n) is 6.06. The Balaban J connectivity index is 3.15. The Morgan fingerprint density at radius 2 is 1.94 bits per heavy atom. The number of benzene rings is 1. The summed E-state index contributed by atoms with van der Waals surface area (Å²) in [5.41, 5.74) is 8.06. The molecule has 0 aromatic heterocycles. The summed E-state index contributed by atoms with van der Waals surface area (Å²) in [7, 11) is 0. The second-order valence-corrected chi connectivity index (χ2v) is 3.81. The molecule has 1 aromatic carbocycles. The fourth-order valence-corrected chi connectivity index (χ4v) is 1.82. The highest BCUT2D eigenvalue weighted by Gasteiger charge is 2.14. The van der Waals surface area contributed by atoms with E-state index in [4.69, 9.17) is 5.73 Å². The molecule has 0 atom stereocenters. The van der Waals surface area contributed by atoms with Crippen molar-refractivity contribution in [2.45, 2.75) is 20.8 Å². The fraction of sp³-hybridized carbons (Fsp3) is 0.462. The minimum atomic E-state index is -0.0469. The number of rotatable bonds is 5. The highest BCUT2D eigenvalue weighted by Crippen LogP contribution is 2.23. The average Bonchev–Trinajstić information content (AvgIpc) is 2.31. The minimum Gasteiger partial charge on any atom is -0.399 e. The van der Waals surface area contributed by atoms with E-state index >= 15 is 0 Å². The predicted octanol–water partition coefficient (Wildman–Crippen LogP) is 1.86. The normalized spacial score (nSPS) is 10.1. The standard InChI is InChI=1S/C13H21N3O/c1-4-15-13(17)11-8-7-10(14)9-12(11)16(5-2)6-3/h7-9H,4-6,14H2,1-3H3,(H,15,17). The van der Waals surface area contributed by atoms with Gasteiger partial charge in [0.25, 0.3) is 5.91 Å². The number of carbonyl (C=O) groups excluding carboxylic acids is 1. The monoisotopic (exact) mass is 235 g/mol. The smallest absolute Gasteiger partial charge is 0.253 e. The molecule has 17 heavy (non-hydrogen) atoms. The van der Waals surface area contributed by atoms with Crippen LogP contribution in [0.3, 0.4) is 0 Å². The van der Waals surface area contributed by atoms with E-state index in [9.17, 15) is 4.79 Å². The molecule has 0 heterocycles. The number of hydrogen-bond donors (Lipinski definition) is 2. The molecule has 0 radical (unpaired) electrons. The van der Waals surface area contributed by atoms with Gasteiger partial charge in [-0.05, 0) is 39.0 Å². The second-order valence-electron chi connectivity index (χ2n) is 3.81. The Hall–Kier alpha value is -1.71. The molecule has 0 saturated carbocycles. The van der Waals surface area contributed by atoms with Gasteiger partial charge in [-0.1, -0.05) is 0 Å². The van der Waals surface area contributed by atoms with Crippen molar-refractivity contribution in [1.29, 1.82) is 0 Å². The zero-order chi connectivity index (χ0) is 12.8. The fourth-order valence-electron chi connectivity index (χ4n) is 1.82. The molecule has 4 heteroatoms. The zero-order valence-electron chi connectivity index (χ0n) is 10.8. The van der Waals surface area contributed by atoms with Crippen LogP contribution in [-0.2, 0) is 0 Å². The van der Waals surface area contributed by atoms with Crippen LogP contribution in [0.2, 0.25) is 0 Å².